The number of rotatable bonds is 1. The molecule has 2 saturated heterocycles. The summed E-state index contributed by atoms with van der Waals surface area (Å²) in [5.41, 5.74) is 1.44. The summed E-state index contributed by atoms with van der Waals surface area (Å²) in [6.45, 7) is 2.85. The largest absolute Gasteiger partial charge is 0.381 e. The fourth-order valence-corrected chi connectivity index (χ4v) is 2.59. The first-order chi connectivity index (χ1) is 7.41. The van der Waals surface area contributed by atoms with Crippen LogP contribution in [0.3, 0.4) is 0 Å². The molecule has 0 aliphatic carbocycles. The monoisotopic (exact) mass is 204 g/mol. The Morgan fingerprint density at radius 3 is 2.93 bits per heavy atom. The van der Waals surface area contributed by atoms with Crippen LogP contribution in [0, 0.1) is 11.7 Å². The molecule has 2 aliphatic heterocycles. The van der Waals surface area contributed by atoms with Gasteiger partial charge in [0.15, 0.2) is 6.33 Å². The predicted molar refractivity (Wildman–Crippen MR) is 54.1 cm³/mol. The van der Waals surface area contributed by atoms with Crippen molar-refractivity contribution in [3.8, 4) is 0 Å². The minimum absolute atomic E-state index is 0.375. The molecule has 1 spiro atoms. The molecule has 0 aromatic carbocycles. The molecule has 15 heavy (non-hydrogen) atoms. The van der Waals surface area contributed by atoms with Gasteiger partial charge in [0.1, 0.15) is 0 Å². The zero-order valence-electron chi connectivity index (χ0n) is 8.57. The van der Waals surface area contributed by atoms with Gasteiger partial charge in [0.05, 0.1) is 11.7 Å². The molecule has 1 radical (unpaired) electrons. The summed E-state index contributed by atoms with van der Waals surface area (Å²) in [5, 5.41) is 3.46. The Kier molecular flexibility index (Phi) is 2.18. The number of hydrogen-bond donors (Lipinski definition) is 1. The van der Waals surface area contributed by atoms with Crippen molar-refractivity contribution < 1.29 is 4.74 Å². The highest BCUT2D eigenvalue weighted by molar-refractivity contribution is 5.16. The highest BCUT2D eigenvalue weighted by atomic mass is 16.5. The molecule has 1 aromatic rings. The number of aromatic nitrogens is 2. The second-order valence-electron chi connectivity index (χ2n) is 4.37. The summed E-state index contributed by atoms with van der Waals surface area (Å²) in [5.74, 6) is 0. The van der Waals surface area contributed by atoms with Gasteiger partial charge >= 0.3 is 0 Å². The van der Waals surface area contributed by atoms with Gasteiger partial charge in [-0.05, 0) is 18.9 Å². The molecule has 79 valence electrons. The molecule has 1 unspecified atom stereocenters. The van der Waals surface area contributed by atoms with Crippen molar-refractivity contribution in [1.29, 1.82) is 0 Å². The Bertz CT molecular complexity index is 335. The van der Waals surface area contributed by atoms with Gasteiger partial charge in [0.2, 0.25) is 0 Å². The highest BCUT2D eigenvalue weighted by Gasteiger charge is 2.48. The lowest BCUT2D eigenvalue weighted by Crippen LogP contribution is -2.58. The summed E-state index contributed by atoms with van der Waals surface area (Å²) >= 11 is 0. The lowest BCUT2D eigenvalue weighted by Gasteiger charge is -2.52. The van der Waals surface area contributed by atoms with Crippen LogP contribution in [-0.4, -0.2) is 29.7 Å². The van der Waals surface area contributed by atoms with Gasteiger partial charge in [0, 0.05) is 31.4 Å². The zero-order chi connectivity index (χ0) is 10.1. The summed E-state index contributed by atoms with van der Waals surface area (Å²) in [6, 6.07) is 2.35. The average molecular weight is 204 g/mol. The quantitative estimate of drug-likeness (QED) is 0.732. The van der Waals surface area contributed by atoms with E-state index in [9.17, 15) is 0 Å². The van der Waals surface area contributed by atoms with Gasteiger partial charge in [0.25, 0.3) is 0 Å². The van der Waals surface area contributed by atoms with E-state index in [0.29, 0.717) is 11.5 Å². The van der Waals surface area contributed by atoms with Gasteiger partial charge in [-0.2, -0.15) is 0 Å². The summed E-state index contributed by atoms with van der Waals surface area (Å²) in [7, 11) is 0. The van der Waals surface area contributed by atoms with Crippen molar-refractivity contribution in [1.82, 2.24) is 15.3 Å². The first-order valence-electron chi connectivity index (χ1n) is 5.41. The van der Waals surface area contributed by atoms with E-state index in [1.165, 1.54) is 0 Å². The lowest BCUT2D eigenvalue weighted by atomic mass is 9.67. The smallest absolute Gasteiger partial charge is 0.197 e. The third-order valence-corrected chi connectivity index (χ3v) is 3.61. The van der Waals surface area contributed by atoms with Crippen LogP contribution >= 0.6 is 0 Å². The third kappa shape index (κ3) is 1.44. The molecule has 1 atom stereocenters. The molecular formula is C11H14N3O. The number of hydrogen-bond acceptors (Lipinski definition) is 4. The Labute approximate surface area is 89.1 Å². The van der Waals surface area contributed by atoms with Crippen molar-refractivity contribution in [2.24, 2.45) is 5.41 Å². The molecule has 2 fully saturated rings. The molecule has 3 heterocycles. The van der Waals surface area contributed by atoms with Gasteiger partial charge < -0.3 is 10.1 Å². The van der Waals surface area contributed by atoms with Gasteiger partial charge in [-0.1, -0.05) is 0 Å². The first kappa shape index (κ1) is 9.24. The highest BCUT2D eigenvalue weighted by Crippen LogP contribution is 2.47. The van der Waals surface area contributed by atoms with E-state index >= 15 is 0 Å². The van der Waals surface area contributed by atoms with E-state index in [1.807, 2.05) is 6.07 Å². The first-order valence-corrected chi connectivity index (χ1v) is 5.41. The molecule has 1 aromatic heterocycles. The molecule has 2 aliphatic rings. The lowest BCUT2D eigenvalue weighted by molar-refractivity contribution is -0.0491. The Balaban J connectivity index is 1.83. The average Bonchev–Trinajstić information content (AvgIpc) is 2.30. The van der Waals surface area contributed by atoms with Crippen LogP contribution in [0.15, 0.2) is 12.3 Å². The number of nitrogens with zero attached hydrogens (tertiary/aromatic N) is 2. The molecule has 3 rings (SSSR count). The molecule has 0 saturated carbocycles. The van der Waals surface area contributed by atoms with Crippen molar-refractivity contribution in [3.63, 3.8) is 0 Å². The Hall–Kier alpha value is -1.00. The van der Waals surface area contributed by atoms with E-state index < -0.39 is 0 Å². The van der Waals surface area contributed by atoms with Gasteiger partial charge in [-0.3, -0.25) is 0 Å². The normalized spacial score (nSPS) is 28.7. The van der Waals surface area contributed by atoms with Crippen molar-refractivity contribution in [2.75, 3.05) is 19.8 Å². The SMILES string of the molecule is [c]1nccc(C2NCC23CCOCC3)n1. The van der Waals surface area contributed by atoms with Crippen LogP contribution in [0.1, 0.15) is 24.6 Å². The molecule has 4 heteroatoms. The van der Waals surface area contributed by atoms with Gasteiger partial charge in [-0.25, -0.2) is 9.97 Å². The summed E-state index contributed by atoms with van der Waals surface area (Å²) in [4.78, 5) is 8.04. The van der Waals surface area contributed by atoms with Crippen LogP contribution in [0.25, 0.3) is 0 Å². The zero-order valence-corrected chi connectivity index (χ0v) is 8.57. The molecule has 0 amide bonds. The second-order valence-corrected chi connectivity index (χ2v) is 4.37. The van der Waals surface area contributed by atoms with Crippen LogP contribution < -0.4 is 5.32 Å². The Morgan fingerprint density at radius 2 is 2.33 bits per heavy atom. The van der Waals surface area contributed by atoms with E-state index in [-0.39, 0.29) is 0 Å². The predicted octanol–water partition coefficient (Wildman–Crippen LogP) is 0.718. The molecule has 1 N–H and O–H groups in total. The summed E-state index contributed by atoms with van der Waals surface area (Å²) < 4.78 is 5.42. The molecule has 0 bridgehead atoms. The summed E-state index contributed by atoms with van der Waals surface area (Å²) in [6.07, 6.45) is 6.69. The maximum Gasteiger partial charge on any atom is 0.197 e. The number of nitrogens with one attached hydrogen (secondary N) is 1. The van der Waals surface area contributed by atoms with Crippen molar-refractivity contribution in [2.45, 2.75) is 18.9 Å². The second kappa shape index (κ2) is 3.54. The fraction of sp³-hybridized carbons (Fsp3) is 0.636. The van der Waals surface area contributed by atoms with E-state index in [1.54, 1.807) is 6.20 Å². The van der Waals surface area contributed by atoms with Crippen molar-refractivity contribution in [3.05, 3.63) is 24.3 Å². The van der Waals surface area contributed by atoms with Crippen LogP contribution in [-0.2, 0) is 4.74 Å². The Morgan fingerprint density at radius 1 is 1.47 bits per heavy atom. The maximum absolute atomic E-state index is 5.42. The van der Waals surface area contributed by atoms with Crippen molar-refractivity contribution >= 4 is 0 Å². The van der Waals surface area contributed by atoms with Gasteiger partial charge in [-0.15, -0.1) is 0 Å². The van der Waals surface area contributed by atoms with Crippen LogP contribution in [0.2, 0.25) is 0 Å². The van der Waals surface area contributed by atoms with E-state index in [0.717, 1.165) is 38.3 Å². The fourth-order valence-electron chi connectivity index (χ4n) is 2.59. The van der Waals surface area contributed by atoms with Crippen LogP contribution in [0.5, 0.6) is 0 Å². The maximum atomic E-state index is 5.42. The topological polar surface area (TPSA) is 47.0 Å². The minimum atomic E-state index is 0.375. The number of ether oxygens (including phenoxy) is 1. The minimum Gasteiger partial charge on any atom is -0.381 e. The van der Waals surface area contributed by atoms with E-state index in [2.05, 4.69) is 21.6 Å². The van der Waals surface area contributed by atoms with E-state index in [4.69, 9.17) is 4.74 Å². The standard InChI is InChI=1S/C11H14N3O/c1-4-12-8-14-9(1)10-11(7-13-10)2-5-15-6-3-11/h1,4,10,13H,2-3,5-7H2. The molecular weight excluding hydrogens is 190 g/mol. The third-order valence-electron chi connectivity index (χ3n) is 3.61. The van der Waals surface area contributed by atoms with Crippen LogP contribution in [0.4, 0.5) is 0 Å². The molecule has 4 nitrogen and oxygen atoms in total.